The van der Waals surface area contributed by atoms with Gasteiger partial charge in [-0.1, -0.05) is 17.8 Å². The van der Waals surface area contributed by atoms with Gasteiger partial charge in [0.05, 0.1) is 5.75 Å². The van der Waals surface area contributed by atoms with E-state index < -0.39 is 0 Å². The van der Waals surface area contributed by atoms with Gasteiger partial charge < -0.3 is 16.0 Å². The molecule has 0 aliphatic heterocycles. The molecule has 0 fully saturated rings. The number of Topliss-reactive ketones (excluding diaryl/α,β-unsaturated/α-hetero) is 1. The van der Waals surface area contributed by atoms with Gasteiger partial charge >= 0.3 is 0 Å². The second-order valence-electron chi connectivity index (χ2n) is 6.27. The molecule has 2 aromatic heterocycles. The minimum atomic E-state index is -0.278. The van der Waals surface area contributed by atoms with Gasteiger partial charge in [0.25, 0.3) is 0 Å². The molecule has 0 saturated carbocycles. The zero-order valence-corrected chi connectivity index (χ0v) is 16.1. The van der Waals surface area contributed by atoms with Crippen molar-refractivity contribution in [1.29, 1.82) is 0 Å². The molecule has 0 aliphatic rings. The number of ketones is 1. The molecule has 0 spiro atoms. The molecule has 2 heterocycles. The van der Waals surface area contributed by atoms with E-state index in [1.807, 2.05) is 30.5 Å². The van der Waals surface area contributed by atoms with Crippen LogP contribution in [0.5, 0.6) is 0 Å². The Kier molecular flexibility index (Phi) is 5.18. The first-order valence-electron chi connectivity index (χ1n) is 8.27. The van der Waals surface area contributed by atoms with Crippen LogP contribution in [0.4, 0.5) is 16.0 Å². The number of thioether (sulfide) groups is 1. The number of nitrogen functional groups attached to an aromatic ring is 2. The number of benzene rings is 1. The van der Waals surface area contributed by atoms with E-state index in [1.54, 1.807) is 13.0 Å². The smallest absolute Gasteiger partial charge is 0.191 e. The molecule has 0 amide bonds. The summed E-state index contributed by atoms with van der Waals surface area (Å²) in [5, 5.41) is 0.357. The van der Waals surface area contributed by atoms with Crippen LogP contribution in [0, 0.1) is 26.6 Å². The number of carbonyl (C=O) groups excluding carboxylic acids is 1. The van der Waals surface area contributed by atoms with Gasteiger partial charge in [-0.15, -0.1) is 0 Å². The van der Waals surface area contributed by atoms with Crippen LogP contribution >= 0.6 is 11.8 Å². The zero-order valence-electron chi connectivity index (χ0n) is 15.3. The molecule has 6 nitrogen and oxygen atoms in total. The van der Waals surface area contributed by atoms with E-state index >= 15 is 0 Å². The third kappa shape index (κ3) is 3.95. The predicted molar refractivity (Wildman–Crippen MR) is 106 cm³/mol. The fourth-order valence-corrected chi connectivity index (χ4v) is 3.65. The van der Waals surface area contributed by atoms with E-state index in [4.69, 9.17) is 11.5 Å². The fraction of sp³-hybridized carbons (Fsp3) is 0.211. The van der Waals surface area contributed by atoms with Crippen molar-refractivity contribution in [3.63, 3.8) is 0 Å². The van der Waals surface area contributed by atoms with Crippen molar-refractivity contribution in [1.82, 2.24) is 14.5 Å². The minimum absolute atomic E-state index is 0.0727. The van der Waals surface area contributed by atoms with Gasteiger partial charge in [0.1, 0.15) is 17.5 Å². The second kappa shape index (κ2) is 7.40. The number of nitrogens with zero attached hydrogens (tertiary/aromatic N) is 3. The summed E-state index contributed by atoms with van der Waals surface area (Å²) in [5.74, 6) is 0.320. The molecule has 140 valence electrons. The van der Waals surface area contributed by atoms with E-state index in [1.165, 1.54) is 23.9 Å². The fourth-order valence-electron chi connectivity index (χ4n) is 2.90. The molecule has 0 aliphatic carbocycles. The number of nitrogens with two attached hydrogens (primary N) is 2. The number of hydrogen-bond acceptors (Lipinski definition) is 6. The molecular formula is C19H20FN5OS. The maximum atomic E-state index is 13.9. The molecule has 0 unspecified atom stereocenters. The summed E-state index contributed by atoms with van der Waals surface area (Å²) in [5.41, 5.74) is 14.8. The summed E-state index contributed by atoms with van der Waals surface area (Å²) in [7, 11) is 0. The monoisotopic (exact) mass is 385 g/mol. The molecular weight excluding hydrogens is 365 g/mol. The van der Waals surface area contributed by atoms with Crippen LogP contribution in [-0.4, -0.2) is 26.1 Å². The molecule has 27 heavy (non-hydrogen) atoms. The molecule has 3 rings (SSSR count). The lowest BCUT2D eigenvalue weighted by molar-refractivity contribution is 0.102. The first-order chi connectivity index (χ1) is 12.8. The Morgan fingerprint density at radius 3 is 2.41 bits per heavy atom. The number of halogens is 1. The maximum absolute atomic E-state index is 13.9. The summed E-state index contributed by atoms with van der Waals surface area (Å²) >= 11 is 1.17. The number of aromatic nitrogens is 3. The van der Waals surface area contributed by atoms with Crippen molar-refractivity contribution in [3.8, 4) is 5.69 Å². The molecule has 3 aromatic rings. The number of anilines is 2. The van der Waals surface area contributed by atoms with E-state index in [-0.39, 0.29) is 29.0 Å². The first kappa shape index (κ1) is 18.9. The Balaban J connectivity index is 1.84. The average molecular weight is 385 g/mol. The van der Waals surface area contributed by atoms with Gasteiger partial charge in [-0.25, -0.2) is 14.4 Å². The first-order valence-corrected chi connectivity index (χ1v) is 9.26. The van der Waals surface area contributed by atoms with Crippen LogP contribution in [0.2, 0.25) is 0 Å². The average Bonchev–Trinajstić information content (AvgIpc) is 2.89. The third-order valence-electron chi connectivity index (χ3n) is 4.22. The van der Waals surface area contributed by atoms with Crippen LogP contribution in [0.15, 0.2) is 35.5 Å². The Hall–Kier alpha value is -2.87. The standard InChI is InChI=1S/C19H20FN5OS/c1-10-4-5-13(7-15(10)20)25-11(2)6-14(12(25)3)16(26)9-27-19-23-17(21)8-18(22)24-19/h4-8H,9H2,1-3H3,(H4,21,22,23,24). The highest BCUT2D eigenvalue weighted by Gasteiger charge is 2.18. The molecule has 0 atom stereocenters. The van der Waals surface area contributed by atoms with Gasteiger partial charge in [0.2, 0.25) is 0 Å². The van der Waals surface area contributed by atoms with Crippen molar-refractivity contribution in [2.75, 3.05) is 17.2 Å². The summed E-state index contributed by atoms with van der Waals surface area (Å²) < 4.78 is 15.8. The normalized spacial score (nSPS) is 11.0. The zero-order chi connectivity index (χ0) is 19.7. The van der Waals surface area contributed by atoms with E-state index in [0.717, 1.165) is 11.4 Å². The molecule has 0 saturated heterocycles. The highest BCUT2D eigenvalue weighted by Crippen LogP contribution is 2.25. The van der Waals surface area contributed by atoms with Crippen LogP contribution < -0.4 is 11.5 Å². The Morgan fingerprint density at radius 2 is 1.78 bits per heavy atom. The van der Waals surface area contributed by atoms with Crippen LogP contribution in [0.1, 0.15) is 27.3 Å². The van der Waals surface area contributed by atoms with E-state index in [2.05, 4.69) is 9.97 Å². The second-order valence-corrected chi connectivity index (χ2v) is 7.21. The van der Waals surface area contributed by atoms with Crippen LogP contribution in [0.3, 0.4) is 0 Å². The molecule has 8 heteroatoms. The summed E-state index contributed by atoms with van der Waals surface area (Å²) in [4.78, 5) is 20.8. The largest absolute Gasteiger partial charge is 0.383 e. The van der Waals surface area contributed by atoms with Crippen LogP contribution in [0.25, 0.3) is 5.69 Å². The third-order valence-corrected chi connectivity index (χ3v) is 5.07. The molecule has 0 radical (unpaired) electrons. The SMILES string of the molecule is Cc1ccc(-n2c(C)cc(C(=O)CSc3nc(N)cc(N)n3)c2C)cc1F. The van der Waals surface area contributed by atoms with E-state index in [0.29, 0.717) is 22.0 Å². The van der Waals surface area contributed by atoms with Crippen molar-refractivity contribution < 1.29 is 9.18 Å². The summed E-state index contributed by atoms with van der Waals surface area (Å²) in [6, 6.07) is 8.31. The molecule has 1 aromatic carbocycles. The predicted octanol–water partition coefficient (Wildman–Crippen LogP) is 3.47. The van der Waals surface area contributed by atoms with Crippen molar-refractivity contribution in [2.24, 2.45) is 0 Å². The summed E-state index contributed by atoms with van der Waals surface area (Å²) in [6.07, 6.45) is 0. The number of carbonyl (C=O) groups is 1. The highest BCUT2D eigenvalue weighted by atomic mass is 32.2. The number of hydrogen-bond donors (Lipinski definition) is 2. The Morgan fingerprint density at radius 1 is 1.11 bits per heavy atom. The number of aryl methyl sites for hydroxylation is 2. The van der Waals surface area contributed by atoms with Gasteiger partial charge in [-0.3, -0.25) is 4.79 Å². The molecule has 0 bridgehead atoms. The maximum Gasteiger partial charge on any atom is 0.191 e. The van der Waals surface area contributed by atoms with Gasteiger partial charge in [-0.2, -0.15) is 0 Å². The Bertz CT molecular complexity index is 1010. The van der Waals surface area contributed by atoms with E-state index in [9.17, 15) is 9.18 Å². The van der Waals surface area contributed by atoms with Crippen molar-refractivity contribution in [3.05, 3.63) is 58.7 Å². The van der Waals surface area contributed by atoms with Gasteiger partial charge in [0, 0.05) is 28.7 Å². The highest BCUT2D eigenvalue weighted by molar-refractivity contribution is 7.99. The van der Waals surface area contributed by atoms with Crippen LogP contribution in [-0.2, 0) is 0 Å². The van der Waals surface area contributed by atoms with Crippen molar-refractivity contribution >= 4 is 29.2 Å². The van der Waals surface area contributed by atoms with Gasteiger partial charge in [-0.05, 0) is 44.5 Å². The lowest BCUT2D eigenvalue weighted by atomic mass is 10.2. The Labute approximate surface area is 160 Å². The number of rotatable bonds is 5. The molecule has 4 N–H and O–H groups in total. The lowest BCUT2D eigenvalue weighted by Gasteiger charge is -2.11. The van der Waals surface area contributed by atoms with Crippen molar-refractivity contribution in [2.45, 2.75) is 25.9 Å². The minimum Gasteiger partial charge on any atom is -0.383 e. The summed E-state index contributed by atoms with van der Waals surface area (Å²) in [6.45, 7) is 5.44. The van der Waals surface area contributed by atoms with Gasteiger partial charge in [0.15, 0.2) is 10.9 Å². The topological polar surface area (TPSA) is 99.8 Å². The lowest BCUT2D eigenvalue weighted by Crippen LogP contribution is -2.07. The quantitative estimate of drug-likeness (QED) is 0.396.